The first-order chi connectivity index (χ1) is 8.69. The van der Waals surface area contributed by atoms with E-state index in [1.54, 1.807) is 6.92 Å². The molecule has 1 unspecified atom stereocenters. The molecule has 0 aliphatic rings. The minimum Gasteiger partial charge on any atom is -0.445 e. The van der Waals surface area contributed by atoms with E-state index < -0.39 is 12.1 Å². The second-order valence-electron chi connectivity index (χ2n) is 3.76. The molecule has 0 heterocycles. The predicted octanol–water partition coefficient (Wildman–Crippen LogP) is 1.53. The Morgan fingerprint density at radius 2 is 2.17 bits per heavy atom. The lowest BCUT2D eigenvalue weighted by Crippen LogP contribution is -2.40. The molecule has 0 aromatic heterocycles. The van der Waals surface area contributed by atoms with Crippen molar-refractivity contribution in [2.45, 2.75) is 19.6 Å². The van der Waals surface area contributed by atoms with Gasteiger partial charge in [-0.1, -0.05) is 30.3 Å². The van der Waals surface area contributed by atoms with Crippen molar-refractivity contribution < 1.29 is 14.6 Å². The van der Waals surface area contributed by atoms with Crippen molar-refractivity contribution in [3.8, 4) is 6.07 Å². The van der Waals surface area contributed by atoms with Crippen molar-refractivity contribution in [1.29, 1.82) is 5.26 Å². The summed E-state index contributed by atoms with van der Waals surface area (Å²) < 4.78 is 5.09. The van der Waals surface area contributed by atoms with Crippen molar-refractivity contribution >= 4 is 6.09 Å². The fraction of sp³-hybridized carbons (Fsp3) is 0.385. The molecule has 18 heavy (non-hydrogen) atoms. The van der Waals surface area contributed by atoms with Crippen LogP contribution in [0.15, 0.2) is 30.3 Å². The Kier molecular flexibility index (Phi) is 5.68. The van der Waals surface area contributed by atoms with Crippen molar-refractivity contribution in [1.82, 2.24) is 4.90 Å². The van der Waals surface area contributed by atoms with Crippen LogP contribution < -0.4 is 0 Å². The summed E-state index contributed by atoms with van der Waals surface area (Å²) in [4.78, 5) is 12.9. The summed E-state index contributed by atoms with van der Waals surface area (Å²) >= 11 is 0. The summed E-state index contributed by atoms with van der Waals surface area (Å²) in [5, 5.41) is 17.6. The van der Waals surface area contributed by atoms with Crippen LogP contribution in [0.25, 0.3) is 0 Å². The van der Waals surface area contributed by atoms with Crippen molar-refractivity contribution in [2.75, 3.05) is 13.2 Å². The first-order valence-electron chi connectivity index (χ1n) is 5.67. The van der Waals surface area contributed by atoms with Crippen LogP contribution in [-0.4, -0.2) is 35.3 Å². The molecular formula is C13H16N2O3. The average Bonchev–Trinajstić information content (AvgIpc) is 2.42. The van der Waals surface area contributed by atoms with Crippen LogP contribution >= 0.6 is 0 Å². The molecule has 0 bridgehead atoms. The number of nitriles is 1. The molecule has 1 N–H and O–H groups in total. The van der Waals surface area contributed by atoms with Crippen molar-refractivity contribution in [3.05, 3.63) is 35.9 Å². The van der Waals surface area contributed by atoms with Crippen LogP contribution in [0.2, 0.25) is 0 Å². The average molecular weight is 248 g/mol. The summed E-state index contributed by atoms with van der Waals surface area (Å²) in [6.45, 7) is 1.62. The topological polar surface area (TPSA) is 73.6 Å². The Morgan fingerprint density at radius 1 is 1.50 bits per heavy atom. The molecule has 1 amide bonds. The molecule has 1 aromatic rings. The third-order valence-corrected chi connectivity index (χ3v) is 2.43. The number of hydrogen-bond acceptors (Lipinski definition) is 4. The first-order valence-corrected chi connectivity index (χ1v) is 5.67. The zero-order chi connectivity index (χ0) is 13.4. The number of nitrogens with zero attached hydrogens (tertiary/aromatic N) is 2. The molecule has 0 radical (unpaired) electrons. The number of carbonyl (C=O) groups is 1. The summed E-state index contributed by atoms with van der Waals surface area (Å²) in [5.74, 6) is 0. The Hall–Kier alpha value is -2.06. The lowest BCUT2D eigenvalue weighted by Gasteiger charge is -2.23. The van der Waals surface area contributed by atoms with E-state index in [0.717, 1.165) is 5.56 Å². The van der Waals surface area contributed by atoms with Crippen LogP contribution in [0.1, 0.15) is 12.5 Å². The maximum absolute atomic E-state index is 11.7. The molecule has 0 aliphatic heterocycles. The van der Waals surface area contributed by atoms with Gasteiger partial charge >= 0.3 is 6.09 Å². The van der Waals surface area contributed by atoms with Crippen molar-refractivity contribution in [3.63, 3.8) is 0 Å². The van der Waals surface area contributed by atoms with Gasteiger partial charge in [-0.05, 0) is 12.5 Å². The Balaban J connectivity index is 2.55. The van der Waals surface area contributed by atoms with E-state index in [9.17, 15) is 4.79 Å². The highest BCUT2D eigenvalue weighted by Crippen LogP contribution is 2.05. The Bertz CT molecular complexity index is 414. The third kappa shape index (κ3) is 4.07. The molecule has 1 aromatic carbocycles. The normalized spacial score (nSPS) is 11.4. The second-order valence-corrected chi connectivity index (χ2v) is 3.76. The van der Waals surface area contributed by atoms with Gasteiger partial charge < -0.3 is 9.84 Å². The Morgan fingerprint density at radius 3 is 2.72 bits per heavy atom. The van der Waals surface area contributed by atoms with E-state index in [1.165, 1.54) is 4.90 Å². The highest BCUT2D eigenvalue weighted by atomic mass is 16.6. The highest BCUT2D eigenvalue weighted by molar-refractivity contribution is 5.68. The second kappa shape index (κ2) is 7.30. The molecule has 5 nitrogen and oxygen atoms in total. The SMILES string of the molecule is CC(C#N)N(CCO)C(=O)OCc1ccccc1. The number of aliphatic hydroxyl groups is 1. The number of amides is 1. The largest absolute Gasteiger partial charge is 0.445 e. The summed E-state index contributed by atoms with van der Waals surface area (Å²) in [6.07, 6.45) is -0.595. The van der Waals surface area contributed by atoms with Crippen LogP contribution in [-0.2, 0) is 11.3 Å². The summed E-state index contributed by atoms with van der Waals surface area (Å²) in [5.41, 5.74) is 0.874. The van der Waals surface area contributed by atoms with Gasteiger partial charge in [0, 0.05) is 6.54 Å². The van der Waals surface area contributed by atoms with E-state index in [0.29, 0.717) is 0 Å². The standard InChI is InChI=1S/C13H16N2O3/c1-11(9-14)15(7-8-16)13(17)18-10-12-5-3-2-4-6-12/h2-6,11,16H,7-8,10H2,1H3. The number of rotatable bonds is 5. The van der Waals surface area contributed by atoms with Gasteiger partial charge in [0.05, 0.1) is 12.7 Å². The van der Waals surface area contributed by atoms with Crippen LogP contribution in [0.5, 0.6) is 0 Å². The maximum Gasteiger partial charge on any atom is 0.411 e. The highest BCUT2D eigenvalue weighted by Gasteiger charge is 2.20. The first kappa shape index (κ1) is 14.0. The zero-order valence-corrected chi connectivity index (χ0v) is 10.2. The zero-order valence-electron chi connectivity index (χ0n) is 10.2. The molecule has 0 spiro atoms. The number of benzene rings is 1. The molecule has 0 aliphatic carbocycles. The van der Waals surface area contributed by atoms with Crippen molar-refractivity contribution in [2.24, 2.45) is 0 Å². The van der Waals surface area contributed by atoms with Crippen LogP contribution in [0.4, 0.5) is 4.79 Å². The van der Waals surface area contributed by atoms with Crippen LogP contribution in [0.3, 0.4) is 0 Å². The number of hydrogen-bond donors (Lipinski definition) is 1. The van der Waals surface area contributed by atoms with Crippen LogP contribution in [0, 0.1) is 11.3 Å². The van der Waals surface area contributed by atoms with E-state index in [1.807, 2.05) is 36.4 Å². The van der Waals surface area contributed by atoms with E-state index >= 15 is 0 Å². The molecule has 0 fully saturated rings. The fourth-order valence-corrected chi connectivity index (χ4v) is 1.42. The molecule has 1 rings (SSSR count). The molecular weight excluding hydrogens is 232 g/mol. The molecule has 0 saturated heterocycles. The van der Waals surface area contributed by atoms with Gasteiger partial charge in [-0.3, -0.25) is 4.90 Å². The van der Waals surface area contributed by atoms with Gasteiger partial charge in [0.15, 0.2) is 0 Å². The Labute approximate surface area is 106 Å². The smallest absolute Gasteiger partial charge is 0.411 e. The lowest BCUT2D eigenvalue weighted by molar-refractivity contribution is 0.0825. The monoisotopic (exact) mass is 248 g/mol. The number of aliphatic hydroxyl groups excluding tert-OH is 1. The minimum atomic E-state index is -0.625. The van der Waals surface area contributed by atoms with Gasteiger partial charge in [-0.25, -0.2) is 4.79 Å². The molecule has 1 atom stereocenters. The van der Waals surface area contributed by atoms with E-state index in [-0.39, 0.29) is 19.8 Å². The minimum absolute atomic E-state index is 0.0857. The van der Waals surface area contributed by atoms with E-state index in [4.69, 9.17) is 15.1 Å². The summed E-state index contributed by atoms with van der Waals surface area (Å²) in [6, 6.07) is 10.6. The van der Waals surface area contributed by atoms with Gasteiger partial charge in [0.2, 0.25) is 0 Å². The molecule has 96 valence electrons. The van der Waals surface area contributed by atoms with Gasteiger partial charge in [0.25, 0.3) is 0 Å². The fourth-order valence-electron chi connectivity index (χ4n) is 1.42. The lowest BCUT2D eigenvalue weighted by atomic mass is 10.2. The molecule has 5 heteroatoms. The van der Waals surface area contributed by atoms with Gasteiger partial charge in [-0.15, -0.1) is 0 Å². The third-order valence-electron chi connectivity index (χ3n) is 2.43. The quantitative estimate of drug-likeness (QED) is 0.857. The number of carbonyl (C=O) groups excluding carboxylic acids is 1. The van der Waals surface area contributed by atoms with Gasteiger partial charge in [0.1, 0.15) is 12.6 Å². The predicted molar refractivity (Wildman–Crippen MR) is 65.5 cm³/mol. The maximum atomic E-state index is 11.7. The number of ether oxygens (including phenoxy) is 1. The summed E-state index contributed by atoms with van der Waals surface area (Å²) in [7, 11) is 0. The van der Waals surface area contributed by atoms with E-state index in [2.05, 4.69) is 0 Å². The van der Waals surface area contributed by atoms with Gasteiger partial charge in [-0.2, -0.15) is 5.26 Å². The molecule has 0 saturated carbocycles.